The second-order valence-electron chi connectivity index (χ2n) is 6.84. The van der Waals surface area contributed by atoms with Crippen molar-refractivity contribution in [2.24, 2.45) is 5.92 Å². The number of esters is 1. The third kappa shape index (κ3) is 2.55. The van der Waals surface area contributed by atoms with Gasteiger partial charge in [-0.3, -0.25) is 4.90 Å². The number of rotatable bonds is 2. The van der Waals surface area contributed by atoms with Gasteiger partial charge in [-0.15, -0.1) is 0 Å². The van der Waals surface area contributed by atoms with Gasteiger partial charge in [0.2, 0.25) is 0 Å². The summed E-state index contributed by atoms with van der Waals surface area (Å²) in [6.45, 7) is 0. The maximum Gasteiger partial charge on any atom is 0.410 e. The van der Waals surface area contributed by atoms with Crippen molar-refractivity contribution in [3.63, 3.8) is 0 Å². The zero-order valence-electron chi connectivity index (χ0n) is 14.8. The number of likely N-dealkylation sites (tertiary alicyclic amines) is 1. The van der Waals surface area contributed by atoms with E-state index in [0.29, 0.717) is 6.42 Å². The number of ether oxygens (including phenoxy) is 2. The van der Waals surface area contributed by atoms with Crippen LogP contribution in [0.25, 0.3) is 11.1 Å². The number of carbonyl (C=O) groups excluding carboxylic acids is 2. The molecule has 2 aromatic rings. The predicted octanol–water partition coefficient (Wildman–Crippen LogP) is 3.58. The number of methoxy groups -OCH3 is 2. The summed E-state index contributed by atoms with van der Waals surface area (Å²) in [5.74, 6) is -0.175. The molecule has 1 heterocycles. The molecule has 5 nitrogen and oxygen atoms in total. The van der Waals surface area contributed by atoms with E-state index in [1.807, 2.05) is 18.2 Å². The van der Waals surface area contributed by atoms with Gasteiger partial charge in [0.1, 0.15) is 6.04 Å². The lowest BCUT2D eigenvalue weighted by Crippen LogP contribution is -2.42. The molecular weight excluding hydrogens is 330 g/mol. The van der Waals surface area contributed by atoms with E-state index in [2.05, 4.69) is 30.3 Å². The van der Waals surface area contributed by atoms with Crippen LogP contribution in [0.1, 0.15) is 23.6 Å². The molecule has 1 aliphatic carbocycles. The van der Waals surface area contributed by atoms with Gasteiger partial charge in [0.15, 0.2) is 0 Å². The molecule has 0 N–H and O–H groups in total. The SMILES string of the molecule is COC(=O)[C@@H]1C[C@H]2Cc3cc(-c4ccccc4)ccc3[C@H]2N1C(=O)OC. The highest BCUT2D eigenvalue weighted by Gasteiger charge is 2.52. The van der Waals surface area contributed by atoms with E-state index < -0.39 is 12.1 Å². The van der Waals surface area contributed by atoms with Gasteiger partial charge in [0.25, 0.3) is 0 Å². The van der Waals surface area contributed by atoms with Crippen molar-refractivity contribution < 1.29 is 19.1 Å². The first kappa shape index (κ1) is 16.6. The van der Waals surface area contributed by atoms with Gasteiger partial charge in [-0.2, -0.15) is 0 Å². The highest BCUT2D eigenvalue weighted by atomic mass is 16.5. The molecule has 0 bridgehead atoms. The molecule has 1 aliphatic heterocycles. The molecule has 2 aliphatic rings. The third-order valence-electron chi connectivity index (χ3n) is 5.52. The van der Waals surface area contributed by atoms with E-state index >= 15 is 0 Å². The lowest BCUT2D eigenvalue weighted by atomic mass is 9.99. The van der Waals surface area contributed by atoms with Gasteiger partial charge in [-0.1, -0.05) is 48.5 Å². The van der Waals surface area contributed by atoms with Crippen molar-refractivity contribution in [2.45, 2.75) is 24.9 Å². The third-order valence-corrected chi connectivity index (χ3v) is 5.52. The van der Waals surface area contributed by atoms with Crippen LogP contribution in [0.15, 0.2) is 48.5 Å². The van der Waals surface area contributed by atoms with Crippen LogP contribution in [0.3, 0.4) is 0 Å². The molecule has 2 aromatic carbocycles. The zero-order chi connectivity index (χ0) is 18.3. The molecule has 1 fully saturated rings. The second kappa shape index (κ2) is 6.48. The highest BCUT2D eigenvalue weighted by Crippen LogP contribution is 2.50. The number of benzene rings is 2. The molecule has 26 heavy (non-hydrogen) atoms. The van der Waals surface area contributed by atoms with Crippen LogP contribution in [-0.4, -0.2) is 37.2 Å². The summed E-state index contributed by atoms with van der Waals surface area (Å²) in [5, 5.41) is 0. The van der Waals surface area contributed by atoms with Crippen LogP contribution in [-0.2, 0) is 20.7 Å². The fourth-order valence-electron chi connectivity index (χ4n) is 4.40. The topological polar surface area (TPSA) is 55.8 Å². The second-order valence-corrected chi connectivity index (χ2v) is 6.84. The first-order valence-electron chi connectivity index (χ1n) is 8.76. The minimum atomic E-state index is -0.579. The van der Waals surface area contributed by atoms with Gasteiger partial charge in [-0.05, 0) is 41.0 Å². The number of amides is 1. The van der Waals surface area contributed by atoms with Crippen molar-refractivity contribution >= 4 is 12.1 Å². The number of nitrogens with zero attached hydrogens (tertiary/aromatic N) is 1. The smallest absolute Gasteiger partial charge is 0.410 e. The fraction of sp³-hybridized carbons (Fsp3) is 0.333. The Morgan fingerprint density at radius 3 is 2.46 bits per heavy atom. The molecule has 134 valence electrons. The molecule has 1 saturated heterocycles. The summed E-state index contributed by atoms with van der Waals surface area (Å²) in [5.41, 5.74) is 4.67. The summed E-state index contributed by atoms with van der Waals surface area (Å²) < 4.78 is 9.86. The molecular formula is C21H21NO4. The van der Waals surface area contributed by atoms with Crippen molar-refractivity contribution in [2.75, 3.05) is 14.2 Å². The fourth-order valence-corrected chi connectivity index (χ4v) is 4.40. The molecule has 0 saturated carbocycles. The number of fused-ring (bicyclic) bond motifs is 3. The Morgan fingerprint density at radius 1 is 1.00 bits per heavy atom. The standard InChI is InChI=1S/C21H21NO4/c1-25-20(23)18-12-16-11-15-10-14(13-6-4-3-5-7-13)8-9-17(15)19(16)22(18)21(24)26-2/h3-10,16,18-19H,11-12H2,1-2H3/t16-,18+,19+/m1/s1. The Hall–Kier alpha value is -2.82. The van der Waals surface area contributed by atoms with Crippen LogP contribution in [0.4, 0.5) is 4.79 Å². The van der Waals surface area contributed by atoms with Crippen LogP contribution in [0.5, 0.6) is 0 Å². The molecule has 3 atom stereocenters. The van der Waals surface area contributed by atoms with Crippen LogP contribution < -0.4 is 0 Å². The summed E-state index contributed by atoms with van der Waals surface area (Å²) >= 11 is 0. The first-order chi connectivity index (χ1) is 12.6. The van der Waals surface area contributed by atoms with E-state index in [-0.39, 0.29) is 17.9 Å². The molecule has 1 amide bonds. The number of hydrogen-bond acceptors (Lipinski definition) is 4. The summed E-state index contributed by atoms with van der Waals surface area (Å²) in [7, 11) is 2.70. The Bertz CT molecular complexity index is 848. The van der Waals surface area contributed by atoms with Crippen molar-refractivity contribution in [1.82, 2.24) is 4.90 Å². The van der Waals surface area contributed by atoms with Gasteiger partial charge >= 0.3 is 12.1 Å². The Balaban J connectivity index is 1.71. The quantitative estimate of drug-likeness (QED) is 0.776. The van der Waals surface area contributed by atoms with Crippen LogP contribution in [0.2, 0.25) is 0 Å². The van der Waals surface area contributed by atoms with E-state index in [0.717, 1.165) is 12.0 Å². The number of carbonyl (C=O) groups is 2. The summed E-state index contributed by atoms with van der Waals surface area (Å²) in [4.78, 5) is 26.1. The average molecular weight is 351 g/mol. The predicted molar refractivity (Wildman–Crippen MR) is 96.5 cm³/mol. The highest BCUT2D eigenvalue weighted by molar-refractivity contribution is 5.83. The van der Waals surface area contributed by atoms with E-state index in [1.165, 1.54) is 30.9 Å². The first-order valence-corrected chi connectivity index (χ1v) is 8.76. The van der Waals surface area contributed by atoms with Crippen LogP contribution in [0, 0.1) is 5.92 Å². The van der Waals surface area contributed by atoms with Gasteiger partial charge in [0, 0.05) is 0 Å². The summed E-state index contributed by atoms with van der Waals surface area (Å²) in [6, 6.07) is 15.9. The van der Waals surface area contributed by atoms with Crippen molar-refractivity contribution in [3.05, 3.63) is 59.7 Å². The minimum Gasteiger partial charge on any atom is -0.467 e. The Morgan fingerprint density at radius 2 is 1.77 bits per heavy atom. The monoisotopic (exact) mass is 351 g/mol. The lowest BCUT2D eigenvalue weighted by molar-refractivity contribution is -0.145. The largest absolute Gasteiger partial charge is 0.467 e. The molecule has 5 heteroatoms. The minimum absolute atomic E-state index is 0.133. The van der Waals surface area contributed by atoms with E-state index in [1.54, 1.807) is 4.90 Å². The maximum atomic E-state index is 12.4. The van der Waals surface area contributed by atoms with Gasteiger partial charge in [0.05, 0.1) is 20.3 Å². The summed E-state index contributed by atoms with van der Waals surface area (Å²) in [6.07, 6.45) is 0.969. The van der Waals surface area contributed by atoms with Crippen molar-refractivity contribution in [1.29, 1.82) is 0 Å². The van der Waals surface area contributed by atoms with Gasteiger partial charge in [-0.25, -0.2) is 9.59 Å². The van der Waals surface area contributed by atoms with E-state index in [9.17, 15) is 9.59 Å². The normalized spacial score (nSPS) is 23.3. The average Bonchev–Trinajstić information content (AvgIpc) is 3.22. The van der Waals surface area contributed by atoms with Crippen LogP contribution >= 0.6 is 0 Å². The van der Waals surface area contributed by atoms with Gasteiger partial charge < -0.3 is 9.47 Å². The lowest BCUT2D eigenvalue weighted by Gasteiger charge is -2.27. The maximum absolute atomic E-state index is 12.4. The molecule has 0 unspecified atom stereocenters. The Kier molecular flexibility index (Phi) is 4.15. The number of hydrogen-bond donors (Lipinski definition) is 0. The molecule has 4 rings (SSSR count). The molecule has 0 aromatic heterocycles. The van der Waals surface area contributed by atoms with Crippen molar-refractivity contribution in [3.8, 4) is 11.1 Å². The van der Waals surface area contributed by atoms with E-state index in [4.69, 9.17) is 9.47 Å². The molecule has 0 radical (unpaired) electrons. The zero-order valence-corrected chi connectivity index (χ0v) is 14.8. The molecule has 0 spiro atoms. The Labute approximate surface area is 152 Å².